The average molecular weight is 299 g/mol. The Kier molecular flexibility index (Phi) is 4.17. The van der Waals surface area contributed by atoms with Crippen molar-refractivity contribution >= 4 is 17.2 Å². The van der Waals surface area contributed by atoms with Crippen LogP contribution >= 0.6 is 11.3 Å². The number of alkyl halides is 2. The van der Waals surface area contributed by atoms with Crippen molar-refractivity contribution in [2.75, 3.05) is 13.6 Å². The molecule has 2 aromatic heterocycles. The van der Waals surface area contributed by atoms with Gasteiger partial charge in [0.2, 0.25) is 0 Å². The monoisotopic (exact) mass is 299 g/mol. The van der Waals surface area contributed by atoms with Gasteiger partial charge >= 0.3 is 0 Å². The second-order valence-corrected chi connectivity index (χ2v) is 5.45. The van der Waals surface area contributed by atoms with Gasteiger partial charge in [-0.3, -0.25) is 9.48 Å². The summed E-state index contributed by atoms with van der Waals surface area (Å²) in [5.74, 6) is -0.0752. The molecule has 0 unspecified atom stereocenters. The molecule has 0 bridgehead atoms. The summed E-state index contributed by atoms with van der Waals surface area (Å²) in [6.07, 6.45) is -2.56. The van der Waals surface area contributed by atoms with Crippen LogP contribution in [0.1, 0.15) is 28.7 Å². The highest BCUT2D eigenvalue weighted by atomic mass is 32.1. The van der Waals surface area contributed by atoms with Crippen LogP contribution in [0.15, 0.2) is 18.2 Å². The number of hydrogen-bond donors (Lipinski definition) is 0. The molecular formula is C13H15F2N3OS. The highest BCUT2D eigenvalue weighted by molar-refractivity contribution is 7.17. The minimum atomic E-state index is -2.56. The predicted octanol–water partition coefficient (Wildman–Crippen LogP) is 3.18. The fourth-order valence-corrected chi connectivity index (χ4v) is 2.69. The third kappa shape index (κ3) is 2.72. The number of rotatable bonds is 4. The van der Waals surface area contributed by atoms with Crippen molar-refractivity contribution < 1.29 is 13.6 Å². The molecule has 108 valence electrons. The number of nitrogens with zero attached hydrogens (tertiary/aromatic N) is 3. The highest BCUT2D eigenvalue weighted by Gasteiger charge is 2.18. The fourth-order valence-electron chi connectivity index (χ4n) is 1.73. The van der Waals surface area contributed by atoms with Crippen LogP contribution in [0.2, 0.25) is 0 Å². The minimum Gasteiger partial charge on any atom is -0.341 e. The lowest BCUT2D eigenvalue weighted by Gasteiger charge is -2.12. The number of aromatic nitrogens is 2. The van der Waals surface area contributed by atoms with E-state index in [9.17, 15) is 13.6 Å². The first-order valence-corrected chi connectivity index (χ1v) is 6.93. The van der Waals surface area contributed by atoms with E-state index in [2.05, 4.69) is 5.10 Å². The molecule has 7 heteroatoms. The molecule has 0 aliphatic rings. The van der Waals surface area contributed by atoms with Crippen LogP contribution in [-0.2, 0) is 7.05 Å². The maximum atomic E-state index is 12.7. The van der Waals surface area contributed by atoms with E-state index in [0.29, 0.717) is 22.0 Å². The summed E-state index contributed by atoms with van der Waals surface area (Å²) < 4.78 is 26.6. The summed E-state index contributed by atoms with van der Waals surface area (Å²) in [6, 6.07) is 4.79. The van der Waals surface area contributed by atoms with Crippen molar-refractivity contribution in [1.82, 2.24) is 14.7 Å². The van der Waals surface area contributed by atoms with E-state index in [0.717, 1.165) is 0 Å². The first kappa shape index (κ1) is 14.6. The summed E-state index contributed by atoms with van der Waals surface area (Å²) in [5, 5.41) is 4.06. The summed E-state index contributed by atoms with van der Waals surface area (Å²) in [7, 11) is 3.20. The lowest BCUT2D eigenvalue weighted by Crippen LogP contribution is -2.25. The van der Waals surface area contributed by atoms with Crippen molar-refractivity contribution in [3.63, 3.8) is 0 Å². The molecular weight excluding hydrogens is 284 g/mol. The van der Waals surface area contributed by atoms with Gasteiger partial charge in [0.25, 0.3) is 12.3 Å². The van der Waals surface area contributed by atoms with Crippen LogP contribution in [0, 0.1) is 0 Å². The standard InChI is InChI=1S/C13H15F2N3OS/c1-4-17(2)13(19)11-6-5-10(20-11)8-7-9(12(14)15)18(3)16-8/h5-7,12H,4H2,1-3H3. The van der Waals surface area contributed by atoms with Crippen LogP contribution in [0.5, 0.6) is 0 Å². The zero-order chi connectivity index (χ0) is 14.9. The molecule has 0 spiro atoms. The van der Waals surface area contributed by atoms with E-state index in [1.165, 1.54) is 29.1 Å². The van der Waals surface area contributed by atoms with Crippen molar-refractivity contribution in [2.45, 2.75) is 13.3 Å². The van der Waals surface area contributed by atoms with Crippen LogP contribution in [-0.4, -0.2) is 34.2 Å². The molecule has 0 fully saturated rings. The topological polar surface area (TPSA) is 38.1 Å². The molecule has 4 nitrogen and oxygen atoms in total. The van der Waals surface area contributed by atoms with Gasteiger partial charge in [0.15, 0.2) is 0 Å². The first-order valence-electron chi connectivity index (χ1n) is 6.11. The van der Waals surface area contributed by atoms with E-state index in [1.54, 1.807) is 24.1 Å². The number of thiophene rings is 1. The van der Waals surface area contributed by atoms with Gasteiger partial charge in [-0.1, -0.05) is 0 Å². The van der Waals surface area contributed by atoms with Gasteiger partial charge in [0.1, 0.15) is 11.4 Å². The molecule has 0 atom stereocenters. The molecule has 20 heavy (non-hydrogen) atoms. The maximum absolute atomic E-state index is 12.7. The summed E-state index contributed by atoms with van der Waals surface area (Å²) in [6.45, 7) is 2.51. The Bertz CT molecular complexity index is 621. The van der Waals surface area contributed by atoms with Gasteiger partial charge < -0.3 is 4.90 Å². The molecule has 2 rings (SSSR count). The van der Waals surface area contributed by atoms with Crippen molar-refractivity contribution in [1.29, 1.82) is 0 Å². The number of carbonyl (C=O) groups is 1. The largest absolute Gasteiger partial charge is 0.341 e. The third-order valence-electron chi connectivity index (χ3n) is 3.03. The zero-order valence-electron chi connectivity index (χ0n) is 11.4. The molecule has 0 radical (unpaired) electrons. The van der Waals surface area contributed by atoms with Crippen LogP contribution in [0.3, 0.4) is 0 Å². The van der Waals surface area contributed by atoms with E-state index >= 15 is 0 Å². The van der Waals surface area contributed by atoms with E-state index in [-0.39, 0.29) is 11.6 Å². The number of halogens is 2. The minimum absolute atomic E-state index is 0.0752. The molecule has 0 saturated carbocycles. The van der Waals surface area contributed by atoms with Gasteiger partial charge in [0, 0.05) is 20.6 Å². The second kappa shape index (κ2) is 5.70. The lowest BCUT2D eigenvalue weighted by molar-refractivity contribution is 0.0807. The molecule has 0 aromatic carbocycles. The normalized spacial score (nSPS) is 11.1. The Hall–Kier alpha value is -1.76. The van der Waals surface area contributed by atoms with Gasteiger partial charge in [-0.2, -0.15) is 5.10 Å². The molecule has 2 heterocycles. The van der Waals surface area contributed by atoms with Crippen molar-refractivity contribution in [2.24, 2.45) is 7.05 Å². The van der Waals surface area contributed by atoms with Crippen molar-refractivity contribution in [3.05, 3.63) is 28.8 Å². The maximum Gasteiger partial charge on any atom is 0.280 e. The molecule has 1 amide bonds. The molecule has 0 aliphatic carbocycles. The van der Waals surface area contributed by atoms with Crippen molar-refractivity contribution in [3.8, 4) is 10.6 Å². The number of amides is 1. The van der Waals surface area contributed by atoms with Gasteiger partial charge in [0.05, 0.1) is 9.75 Å². The molecule has 2 aromatic rings. The van der Waals surface area contributed by atoms with Gasteiger partial charge in [-0.15, -0.1) is 11.3 Å². The Morgan fingerprint density at radius 3 is 2.75 bits per heavy atom. The van der Waals surface area contributed by atoms with E-state index in [1.807, 2.05) is 6.92 Å². The second-order valence-electron chi connectivity index (χ2n) is 4.36. The van der Waals surface area contributed by atoms with Crippen LogP contribution in [0.25, 0.3) is 10.6 Å². The van der Waals surface area contributed by atoms with Crippen LogP contribution in [0.4, 0.5) is 8.78 Å². The van der Waals surface area contributed by atoms with E-state index in [4.69, 9.17) is 0 Å². The molecule has 0 N–H and O–H groups in total. The summed E-state index contributed by atoms with van der Waals surface area (Å²) >= 11 is 1.26. The number of hydrogen-bond acceptors (Lipinski definition) is 3. The van der Waals surface area contributed by atoms with Crippen LogP contribution < -0.4 is 0 Å². The predicted molar refractivity (Wildman–Crippen MR) is 74.1 cm³/mol. The number of carbonyl (C=O) groups excluding carboxylic acids is 1. The Labute approximate surface area is 119 Å². The molecule has 0 saturated heterocycles. The number of aryl methyl sites for hydroxylation is 1. The zero-order valence-corrected chi connectivity index (χ0v) is 12.2. The van der Waals surface area contributed by atoms with E-state index < -0.39 is 6.43 Å². The first-order chi connectivity index (χ1) is 9.43. The lowest BCUT2D eigenvalue weighted by atomic mass is 10.3. The van der Waals surface area contributed by atoms with Gasteiger partial charge in [-0.05, 0) is 25.1 Å². The smallest absolute Gasteiger partial charge is 0.280 e. The molecule has 0 aliphatic heterocycles. The average Bonchev–Trinajstić information content (AvgIpc) is 3.03. The third-order valence-corrected chi connectivity index (χ3v) is 4.13. The van der Waals surface area contributed by atoms with Gasteiger partial charge in [-0.25, -0.2) is 8.78 Å². The summed E-state index contributed by atoms with van der Waals surface area (Å²) in [5.41, 5.74) is 0.331. The Morgan fingerprint density at radius 2 is 2.20 bits per heavy atom. The Balaban J connectivity index is 2.29. The Morgan fingerprint density at radius 1 is 1.50 bits per heavy atom. The fraction of sp³-hybridized carbons (Fsp3) is 0.385. The summed E-state index contributed by atoms with van der Waals surface area (Å²) in [4.78, 5) is 14.9. The quantitative estimate of drug-likeness (QED) is 0.869. The highest BCUT2D eigenvalue weighted by Crippen LogP contribution is 2.30. The SMILES string of the molecule is CCN(C)C(=O)c1ccc(-c2cc(C(F)F)n(C)n2)s1.